The summed E-state index contributed by atoms with van der Waals surface area (Å²) in [6, 6.07) is 5.46. The smallest absolute Gasteiger partial charge is 0.293 e. The monoisotopic (exact) mass is 385 g/mol. The van der Waals surface area contributed by atoms with E-state index in [1.54, 1.807) is 0 Å². The number of aromatic nitrogens is 2. The minimum absolute atomic E-state index is 0.0284. The highest BCUT2D eigenvalue weighted by Gasteiger charge is 2.18. The van der Waals surface area contributed by atoms with Gasteiger partial charge in [0.1, 0.15) is 5.58 Å². The molecule has 1 N–H and O–H groups in total. The lowest BCUT2D eigenvalue weighted by Gasteiger charge is -2.02. The van der Waals surface area contributed by atoms with E-state index in [9.17, 15) is 18.0 Å². The third-order valence-corrected chi connectivity index (χ3v) is 4.70. The van der Waals surface area contributed by atoms with E-state index in [0.29, 0.717) is 16.6 Å². The fourth-order valence-corrected chi connectivity index (χ4v) is 3.42. The largest absolute Gasteiger partial charge is 0.451 e. The van der Waals surface area contributed by atoms with E-state index in [1.807, 2.05) is 0 Å². The number of nitrogens with one attached hydrogen (secondary N) is 1. The number of carbonyl (C=O) groups excluding carboxylic acids is 1. The summed E-state index contributed by atoms with van der Waals surface area (Å²) >= 11 is 6.52. The first-order valence-corrected chi connectivity index (χ1v) is 9.37. The average molecular weight is 386 g/mol. The van der Waals surface area contributed by atoms with Crippen molar-refractivity contribution >= 4 is 55.0 Å². The number of amides is 1. The molecule has 0 aliphatic carbocycles. The van der Waals surface area contributed by atoms with E-state index >= 15 is 0 Å². The van der Waals surface area contributed by atoms with E-state index in [2.05, 4.69) is 14.7 Å². The van der Waals surface area contributed by atoms with Gasteiger partial charge >= 0.3 is 0 Å². The third-order valence-electron chi connectivity index (χ3n) is 2.87. The van der Waals surface area contributed by atoms with Crippen LogP contribution in [-0.4, -0.2) is 29.9 Å². The Hall–Kier alpha value is -2.30. The van der Waals surface area contributed by atoms with Crippen molar-refractivity contribution in [3.63, 3.8) is 0 Å². The molecule has 24 heavy (non-hydrogen) atoms. The molecule has 0 atom stereocenters. The zero-order valence-electron chi connectivity index (χ0n) is 11.9. The van der Waals surface area contributed by atoms with Crippen LogP contribution in [0.15, 0.2) is 38.6 Å². The van der Waals surface area contributed by atoms with E-state index < -0.39 is 26.3 Å². The molecule has 124 valence electrons. The molecule has 0 bridgehead atoms. The van der Waals surface area contributed by atoms with Crippen molar-refractivity contribution in [1.82, 2.24) is 9.36 Å². The van der Waals surface area contributed by atoms with Crippen LogP contribution in [0, 0.1) is 0 Å². The Labute approximate surface area is 144 Å². The van der Waals surface area contributed by atoms with Crippen molar-refractivity contribution in [3.8, 4) is 0 Å². The lowest BCUT2D eigenvalue weighted by molar-refractivity contribution is 0.0997. The van der Waals surface area contributed by atoms with Crippen LogP contribution in [-0.2, 0) is 9.84 Å². The van der Waals surface area contributed by atoms with E-state index in [1.165, 1.54) is 18.2 Å². The lowest BCUT2D eigenvalue weighted by atomic mass is 10.2. The maximum absolute atomic E-state index is 12.2. The molecule has 3 aromatic rings. The van der Waals surface area contributed by atoms with Crippen molar-refractivity contribution in [3.05, 3.63) is 45.3 Å². The van der Waals surface area contributed by atoms with Gasteiger partial charge in [0, 0.05) is 28.9 Å². The third kappa shape index (κ3) is 3.30. The van der Waals surface area contributed by atoms with Gasteiger partial charge in [0.15, 0.2) is 11.2 Å². The second-order valence-electron chi connectivity index (χ2n) is 4.72. The van der Waals surface area contributed by atoms with Crippen molar-refractivity contribution in [1.29, 1.82) is 0 Å². The van der Waals surface area contributed by atoms with Gasteiger partial charge in [-0.15, -0.1) is 0 Å². The minimum Gasteiger partial charge on any atom is -0.451 e. The number of rotatable bonds is 3. The number of benzene rings is 1. The van der Waals surface area contributed by atoms with Crippen LogP contribution in [0.5, 0.6) is 0 Å². The van der Waals surface area contributed by atoms with Crippen LogP contribution in [0.2, 0.25) is 5.02 Å². The van der Waals surface area contributed by atoms with Crippen molar-refractivity contribution in [2.24, 2.45) is 0 Å². The molecule has 11 heteroatoms. The second-order valence-corrected chi connectivity index (χ2v) is 7.82. The van der Waals surface area contributed by atoms with Gasteiger partial charge in [0.25, 0.3) is 11.1 Å². The molecule has 0 saturated carbocycles. The van der Waals surface area contributed by atoms with Crippen LogP contribution in [0.4, 0.5) is 5.13 Å². The summed E-state index contributed by atoms with van der Waals surface area (Å²) < 4.78 is 31.6. The minimum atomic E-state index is -3.57. The van der Waals surface area contributed by atoms with Gasteiger partial charge in [0.2, 0.25) is 15.0 Å². The number of sulfone groups is 1. The summed E-state index contributed by atoms with van der Waals surface area (Å²) in [6.07, 6.45) is 0.953. The Bertz CT molecular complexity index is 1120. The van der Waals surface area contributed by atoms with Crippen molar-refractivity contribution in [2.75, 3.05) is 11.6 Å². The van der Waals surface area contributed by atoms with Crippen LogP contribution >= 0.6 is 23.1 Å². The molecule has 8 nitrogen and oxygen atoms in total. The van der Waals surface area contributed by atoms with Gasteiger partial charge in [-0.25, -0.2) is 8.42 Å². The van der Waals surface area contributed by atoms with E-state index in [4.69, 9.17) is 16.0 Å². The highest BCUT2D eigenvalue weighted by atomic mass is 35.5. The summed E-state index contributed by atoms with van der Waals surface area (Å²) in [4.78, 5) is 27.9. The molecule has 0 saturated heterocycles. The van der Waals surface area contributed by atoms with Gasteiger partial charge in [-0.05, 0) is 18.2 Å². The zero-order chi connectivity index (χ0) is 17.5. The molecule has 3 rings (SSSR count). The Kier molecular flexibility index (Phi) is 4.11. The summed E-state index contributed by atoms with van der Waals surface area (Å²) in [5.74, 6) is -0.994. The summed E-state index contributed by atoms with van der Waals surface area (Å²) in [7, 11) is -3.57. The second kappa shape index (κ2) is 5.96. The molecule has 2 aromatic heterocycles. The number of carbonyl (C=O) groups is 1. The Morgan fingerprint density at radius 2 is 2.08 bits per heavy atom. The molecule has 0 aliphatic heterocycles. The van der Waals surface area contributed by atoms with Crippen LogP contribution in [0.3, 0.4) is 0 Å². The molecule has 0 fully saturated rings. The number of halogens is 1. The maximum atomic E-state index is 12.2. The number of anilines is 1. The number of hydrogen-bond donors (Lipinski definition) is 1. The van der Waals surface area contributed by atoms with E-state index in [-0.39, 0.29) is 21.9 Å². The fourth-order valence-electron chi connectivity index (χ4n) is 1.81. The first-order valence-electron chi connectivity index (χ1n) is 6.32. The molecule has 0 aliphatic rings. The van der Waals surface area contributed by atoms with Gasteiger partial charge in [-0.3, -0.25) is 14.9 Å². The van der Waals surface area contributed by atoms with Crippen LogP contribution < -0.4 is 10.7 Å². The molecule has 1 amide bonds. The SMILES string of the molecule is CS(=O)(=O)c1nsc(NC(=O)c2cc(=O)c3cc(Cl)ccc3o2)n1. The Balaban J connectivity index is 1.93. The van der Waals surface area contributed by atoms with Crippen LogP contribution in [0.25, 0.3) is 11.0 Å². The summed E-state index contributed by atoms with van der Waals surface area (Å²) in [5.41, 5.74) is -0.232. The number of fused-ring (bicyclic) bond motifs is 1. The molecule has 0 spiro atoms. The topological polar surface area (TPSA) is 119 Å². The zero-order valence-corrected chi connectivity index (χ0v) is 14.3. The maximum Gasteiger partial charge on any atom is 0.293 e. The molecular weight excluding hydrogens is 378 g/mol. The molecule has 1 aromatic carbocycles. The predicted molar refractivity (Wildman–Crippen MR) is 88.5 cm³/mol. The predicted octanol–water partition coefficient (Wildman–Crippen LogP) is 1.95. The summed E-state index contributed by atoms with van der Waals surface area (Å²) in [6.45, 7) is 0. The fraction of sp³-hybridized carbons (Fsp3) is 0.0769. The van der Waals surface area contributed by atoms with E-state index in [0.717, 1.165) is 12.3 Å². The van der Waals surface area contributed by atoms with Gasteiger partial charge < -0.3 is 4.42 Å². The molecule has 0 radical (unpaired) electrons. The highest BCUT2D eigenvalue weighted by molar-refractivity contribution is 7.90. The highest BCUT2D eigenvalue weighted by Crippen LogP contribution is 2.19. The van der Waals surface area contributed by atoms with Gasteiger partial charge in [0.05, 0.1) is 5.39 Å². The van der Waals surface area contributed by atoms with Gasteiger partial charge in [-0.2, -0.15) is 9.36 Å². The Morgan fingerprint density at radius 3 is 2.75 bits per heavy atom. The molecule has 0 unspecified atom stereocenters. The molecule has 2 heterocycles. The normalized spacial score (nSPS) is 11.6. The first kappa shape index (κ1) is 16.6. The number of hydrogen-bond acceptors (Lipinski definition) is 8. The van der Waals surface area contributed by atoms with Crippen LogP contribution in [0.1, 0.15) is 10.6 Å². The number of nitrogens with zero attached hydrogens (tertiary/aromatic N) is 2. The van der Waals surface area contributed by atoms with Crippen molar-refractivity contribution in [2.45, 2.75) is 5.16 Å². The van der Waals surface area contributed by atoms with Crippen molar-refractivity contribution < 1.29 is 17.6 Å². The first-order chi connectivity index (χ1) is 11.2. The standard InChI is InChI=1S/C13H8ClN3O5S2/c1-24(20,21)13-16-12(23-17-13)15-11(19)10-5-8(18)7-4-6(14)2-3-9(7)22-10/h2-5H,1H3,(H,15,16,17,19). The average Bonchev–Trinajstić information content (AvgIpc) is 2.96. The lowest BCUT2D eigenvalue weighted by Crippen LogP contribution is -2.15. The Morgan fingerprint density at radius 1 is 1.33 bits per heavy atom. The van der Waals surface area contributed by atoms with Gasteiger partial charge in [-0.1, -0.05) is 11.6 Å². The quantitative estimate of drug-likeness (QED) is 0.731. The molecular formula is C13H8ClN3O5S2. The summed E-state index contributed by atoms with van der Waals surface area (Å²) in [5, 5.41) is 2.53.